The SMILES string of the molecule is C=C(B1OC(C)(C)C(C)(C)O1)C1CCCCN1C(=O)OC(C)(C)C. The summed E-state index contributed by atoms with van der Waals surface area (Å²) in [4.78, 5) is 14.4. The normalized spacial score (nSPS) is 26.4. The van der Waals surface area contributed by atoms with Crippen LogP contribution in [0.2, 0.25) is 0 Å². The van der Waals surface area contributed by atoms with Gasteiger partial charge in [-0.1, -0.05) is 0 Å². The highest BCUT2D eigenvalue weighted by molar-refractivity contribution is 6.54. The quantitative estimate of drug-likeness (QED) is 0.716. The van der Waals surface area contributed by atoms with Crippen molar-refractivity contribution in [1.82, 2.24) is 4.90 Å². The van der Waals surface area contributed by atoms with Crippen molar-refractivity contribution in [3.63, 3.8) is 0 Å². The number of carbonyl (C=O) groups excluding carboxylic acids is 1. The Labute approximate surface area is 146 Å². The molecule has 0 bridgehead atoms. The fourth-order valence-electron chi connectivity index (χ4n) is 3.01. The lowest BCUT2D eigenvalue weighted by Crippen LogP contribution is -2.49. The van der Waals surface area contributed by atoms with Crippen molar-refractivity contribution in [2.24, 2.45) is 0 Å². The molecule has 1 amide bonds. The Balaban J connectivity index is 2.13. The predicted molar refractivity (Wildman–Crippen MR) is 95.8 cm³/mol. The number of ether oxygens (including phenoxy) is 1. The molecule has 1 unspecified atom stereocenters. The van der Waals surface area contributed by atoms with E-state index >= 15 is 0 Å². The van der Waals surface area contributed by atoms with Crippen LogP contribution >= 0.6 is 0 Å². The molecule has 2 rings (SSSR count). The van der Waals surface area contributed by atoms with Crippen LogP contribution in [0.4, 0.5) is 4.79 Å². The summed E-state index contributed by atoms with van der Waals surface area (Å²) in [5, 5.41) is 0. The first-order valence-corrected chi connectivity index (χ1v) is 8.88. The Morgan fingerprint density at radius 1 is 1.17 bits per heavy atom. The smallest absolute Gasteiger partial charge is 0.444 e. The van der Waals surface area contributed by atoms with Gasteiger partial charge in [0, 0.05) is 6.54 Å². The topological polar surface area (TPSA) is 48.0 Å². The van der Waals surface area contributed by atoms with E-state index in [9.17, 15) is 4.79 Å². The maximum atomic E-state index is 12.6. The first kappa shape index (κ1) is 19.3. The molecule has 136 valence electrons. The Morgan fingerprint density at radius 2 is 1.71 bits per heavy atom. The number of likely N-dealkylation sites (tertiary alicyclic amines) is 1. The molecule has 0 aliphatic carbocycles. The molecule has 2 fully saturated rings. The average Bonchev–Trinajstić information content (AvgIpc) is 2.65. The molecule has 0 aromatic rings. The predicted octanol–water partition coefficient (Wildman–Crippen LogP) is 3.96. The van der Waals surface area contributed by atoms with E-state index in [1.807, 2.05) is 48.5 Å². The fraction of sp³-hybridized carbons (Fsp3) is 0.833. The summed E-state index contributed by atoms with van der Waals surface area (Å²) in [5.41, 5.74) is -0.526. The van der Waals surface area contributed by atoms with Gasteiger partial charge in [-0.25, -0.2) is 4.79 Å². The van der Waals surface area contributed by atoms with E-state index in [1.165, 1.54) is 0 Å². The maximum absolute atomic E-state index is 12.6. The zero-order valence-electron chi connectivity index (χ0n) is 16.3. The van der Waals surface area contributed by atoms with Gasteiger partial charge < -0.3 is 18.9 Å². The third kappa shape index (κ3) is 3.97. The molecule has 0 aromatic heterocycles. The van der Waals surface area contributed by atoms with Crippen molar-refractivity contribution in [1.29, 1.82) is 0 Å². The number of piperidine rings is 1. The highest BCUT2D eigenvalue weighted by atomic mass is 16.7. The molecule has 0 aromatic carbocycles. The van der Waals surface area contributed by atoms with Crippen LogP contribution in [0.25, 0.3) is 0 Å². The minimum Gasteiger partial charge on any atom is -0.444 e. The van der Waals surface area contributed by atoms with E-state index in [0.29, 0.717) is 6.54 Å². The molecule has 6 heteroatoms. The second kappa shape index (κ2) is 6.38. The Hall–Kier alpha value is -1.01. The highest BCUT2D eigenvalue weighted by Gasteiger charge is 2.53. The van der Waals surface area contributed by atoms with Crippen LogP contribution in [0.15, 0.2) is 12.1 Å². The number of amides is 1. The van der Waals surface area contributed by atoms with E-state index < -0.39 is 23.9 Å². The Kier molecular flexibility index (Phi) is 5.13. The molecule has 24 heavy (non-hydrogen) atoms. The van der Waals surface area contributed by atoms with Crippen molar-refractivity contribution < 1.29 is 18.8 Å². The van der Waals surface area contributed by atoms with E-state index in [0.717, 1.165) is 24.7 Å². The standard InChI is InChI=1S/C18H32BNO4/c1-13(19-23-17(5,6)18(7,8)24-19)14-11-9-10-12-20(14)15(21)22-16(2,3)4/h14H,1,9-12H2,2-8H3. The summed E-state index contributed by atoms with van der Waals surface area (Å²) >= 11 is 0. The van der Waals surface area contributed by atoms with Gasteiger partial charge in [0.15, 0.2) is 0 Å². The van der Waals surface area contributed by atoms with E-state index in [4.69, 9.17) is 14.0 Å². The minimum absolute atomic E-state index is 0.108. The summed E-state index contributed by atoms with van der Waals surface area (Å²) in [6.07, 6.45) is 2.61. The summed E-state index contributed by atoms with van der Waals surface area (Å²) in [6.45, 7) is 18.6. The zero-order chi connectivity index (χ0) is 18.3. The van der Waals surface area contributed by atoms with Gasteiger partial charge in [0.1, 0.15) is 5.60 Å². The van der Waals surface area contributed by atoms with Crippen LogP contribution < -0.4 is 0 Å². The van der Waals surface area contributed by atoms with Gasteiger partial charge in [-0.05, 0) is 73.2 Å². The lowest BCUT2D eigenvalue weighted by atomic mass is 9.72. The van der Waals surface area contributed by atoms with Gasteiger partial charge in [0.2, 0.25) is 0 Å². The molecule has 0 saturated carbocycles. The summed E-state index contributed by atoms with van der Waals surface area (Å²) in [6, 6.07) is -0.108. The fourth-order valence-corrected chi connectivity index (χ4v) is 3.01. The maximum Gasteiger partial charge on any atom is 0.492 e. The third-order valence-electron chi connectivity index (χ3n) is 5.11. The van der Waals surface area contributed by atoms with Crippen LogP contribution in [-0.4, -0.2) is 47.5 Å². The van der Waals surface area contributed by atoms with E-state index in [1.54, 1.807) is 4.90 Å². The second-order valence-electron chi connectivity index (χ2n) is 8.85. The third-order valence-corrected chi connectivity index (χ3v) is 5.11. The summed E-state index contributed by atoms with van der Waals surface area (Å²) < 4.78 is 17.8. The number of hydrogen-bond donors (Lipinski definition) is 0. The van der Waals surface area contributed by atoms with Gasteiger partial charge in [-0.3, -0.25) is 0 Å². The molecule has 1 atom stereocenters. The van der Waals surface area contributed by atoms with Gasteiger partial charge >= 0.3 is 13.2 Å². The molecule has 2 saturated heterocycles. The molecule has 0 radical (unpaired) electrons. The van der Waals surface area contributed by atoms with Gasteiger partial charge in [-0.2, -0.15) is 0 Å². The van der Waals surface area contributed by atoms with Crippen molar-refractivity contribution in [3.05, 3.63) is 12.1 Å². The molecular weight excluding hydrogens is 305 g/mol. The molecule has 2 aliphatic heterocycles. The first-order chi connectivity index (χ1) is 10.8. The van der Waals surface area contributed by atoms with Crippen molar-refractivity contribution >= 4 is 13.2 Å². The average molecular weight is 337 g/mol. The number of nitrogens with zero attached hydrogens (tertiary/aromatic N) is 1. The molecule has 5 nitrogen and oxygen atoms in total. The highest BCUT2D eigenvalue weighted by Crippen LogP contribution is 2.40. The van der Waals surface area contributed by atoms with Crippen LogP contribution in [0.5, 0.6) is 0 Å². The van der Waals surface area contributed by atoms with Crippen molar-refractivity contribution in [3.8, 4) is 0 Å². The van der Waals surface area contributed by atoms with Gasteiger partial charge in [-0.15, -0.1) is 6.58 Å². The second-order valence-corrected chi connectivity index (χ2v) is 8.85. The molecule has 0 spiro atoms. The van der Waals surface area contributed by atoms with Crippen molar-refractivity contribution in [2.75, 3.05) is 6.54 Å². The zero-order valence-corrected chi connectivity index (χ0v) is 16.3. The van der Waals surface area contributed by atoms with E-state index in [-0.39, 0.29) is 12.1 Å². The van der Waals surface area contributed by atoms with Gasteiger partial charge in [0.25, 0.3) is 0 Å². The number of hydrogen-bond acceptors (Lipinski definition) is 4. The summed E-state index contributed by atoms with van der Waals surface area (Å²) in [7, 11) is -0.497. The molecular formula is C18H32BNO4. The van der Waals surface area contributed by atoms with Crippen LogP contribution in [0.1, 0.15) is 67.7 Å². The van der Waals surface area contributed by atoms with Crippen LogP contribution in [-0.2, 0) is 14.0 Å². The van der Waals surface area contributed by atoms with Crippen LogP contribution in [0.3, 0.4) is 0 Å². The number of carbonyl (C=O) groups is 1. The Morgan fingerprint density at radius 3 is 2.21 bits per heavy atom. The minimum atomic E-state index is -0.509. The lowest BCUT2D eigenvalue weighted by molar-refractivity contribution is 0.00578. The van der Waals surface area contributed by atoms with Crippen molar-refractivity contribution in [2.45, 2.75) is 90.6 Å². The van der Waals surface area contributed by atoms with E-state index in [2.05, 4.69) is 6.58 Å². The molecule has 2 heterocycles. The largest absolute Gasteiger partial charge is 0.492 e. The van der Waals surface area contributed by atoms with Gasteiger partial charge in [0.05, 0.1) is 17.2 Å². The first-order valence-electron chi connectivity index (χ1n) is 8.88. The summed E-state index contributed by atoms with van der Waals surface area (Å²) in [5.74, 6) is 0. The number of rotatable bonds is 2. The molecule has 2 aliphatic rings. The lowest BCUT2D eigenvalue weighted by Gasteiger charge is -2.38. The molecule has 0 N–H and O–H groups in total. The van der Waals surface area contributed by atoms with Crippen LogP contribution in [0, 0.1) is 0 Å². The Bertz CT molecular complexity index is 494. The monoisotopic (exact) mass is 337 g/mol.